The number of fused-ring (bicyclic) bond motifs is 1. The van der Waals surface area contributed by atoms with Gasteiger partial charge in [0.2, 0.25) is 0 Å². The molecule has 0 bridgehead atoms. The number of hydrogen-bond donors (Lipinski definition) is 1. The predicted octanol–water partition coefficient (Wildman–Crippen LogP) is 4.73. The molecule has 2 aromatic rings. The molecule has 0 heterocycles. The van der Waals surface area contributed by atoms with Crippen molar-refractivity contribution in [2.24, 2.45) is 5.92 Å². The van der Waals surface area contributed by atoms with E-state index < -0.39 is 0 Å². The Hall–Kier alpha value is -0.990. The second kappa shape index (κ2) is 6.97. The largest absolute Gasteiger partial charge is 0.392 e. The molecule has 0 saturated heterocycles. The van der Waals surface area contributed by atoms with Gasteiger partial charge in [-0.05, 0) is 35.6 Å². The molecule has 2 aromatic carbocycles. The van der Waals surface area contributed by atoms with Crippen LogP contribution >= 0.6 is 11.8 Å². The monoisotopic (exact) mass is 274 g/mol. The standard InChI is InChI=1S/C17H22OS/c1-13(2)10-11-15(18)12-19-17-9-5-7-14-6-3-4-8-16(14)17/h3-9,13,15,18H,10-12H2,1-2H3. The van der Waals surface area contributed by atoms with Gasteiger partial charge in [-0.15, -0.1) is 11.8 Å². The Labute approximate surface area is 120 Å². The van der Waals surface area contributed by atoms with Gasteiger partial charge < -0.3 is 5.11 Å². The van der Waals surface area contributed by atoms with Gasteiger partial charge >= 0.3 is 0 Å². The molecule has 0 saturated carbocycles. The lowest BCUT2D eigenvalue weighted by molar-refractivity contribution is 0.180. The van der Waals surface area contributed by atoms with Gasteiger partial charge in [0.25, 0.3) is 0 Å². The zero-order chi connectivity index (χ0) is 13.7. The van der Waals surface area contributed by atoms with Crippen molar-refractivity contribution in [3.8, 4) is 0 Å². The third-order valence-electron chi connectivity index (χ3n) is 3.26. The molecule has 0 aromatic heterocycles. The molecule has 19 heavy (non-hydrogen) atoms. The van der Waals surface area contributed by atoms with E-state index in [4.69, 9.17) is 0 Å². The molecule has 102 valence electrons. The van der Waals surface area contributed by atoms with Crippen LogP contribution in [0.3, 0.4) is 0 Å². The molecule has 0 fully saturated rings. The molecule has 0 spiro atoms. The van der Waals surface area contributed by atoms with Gasteiger partial charge in [-0.3, -0.25) is 0 Å². The number of rotatable bonds is 6. The van der Waals surface area contributed by atoms with Gasteiger partial charge in [-0.25, -0.2) is 0 Å². The topological polar surface area (TPSA) is 20.2 Å². The van der Waals surface area contributed by atoms with Crippen LogP contribution in [0.1, 0.15) is 26.7 Å². The third kappa shape index (κ3) is 4.26. The summed E-state index contributed by atoms with van der Waals surface area (Å²) in [5.41, 5.74) is 0. The molecule has 2 rings (SSSR count). The van der Waals surface area contributed by atoms with Crippen LogP contribution in [0.2, 0.25) is 0 Å². The summed E-state index contributed by atoms with van der Waals surface area (Å²) in [5, 5.41) is 12.6. The van der Waals surface area contributed by atoms with E-state index in [9.17, 15) is 5.11 Å². The first-order valence-electron chi connectivity index (χ1n) is 6.95. The molecular weight excluding hydrogens is 252 g/mol. The fourth-order valence-electron chi connectivity index (χ4n) is 2.12. The van der Waals surface area contributed by atoms with Crippen LogP contribution in [0.4, 0.5) is 0 Å². The van der Waals surface area contributed by atoms with Gasteiger partial charge in [-0.1, -0.05) is 50.2 Å². The van der Waals surface area contributed by atoms with Crippen molar-refractivity contribution in [2.75, 3.05) is 5.75 Å². The second-order valence-electron chi connectivity index (χ2n) is 5.41. The van der Waals surface area contributed by atoms with Crippen molar-refractivity contribution in [1.82, 2.24) is 0 Å². The minimum atomic E-state index is -0.202. The van der Waals surface area contributed by atoms with Crippen molar-refractivity contribution in [3.63, 3.8) is 0 Å². The maximum atomic E-state index is 10.0. The van der Waals surface area contributed by atoms with Crippen LogP contribution in [0.25, 0.3) is 10.8 Å². The van der Waals surface area contributed by atoms with Crippen LogP contribution in [0.5, 0.6) is 0 Å². The van der Waals surface area contributed by atoms with Gasteiger partial charge in [0.15, 0.2) is 0 Å². The van der Waals surface area contributed by atoms with Crippen molar-refractivity contribution in [2.45, 2.75) is 37.7 Å². The zero-order valence-electron chi connectivity index (χ0n) is 11.7. The lowest BCUT2D eigenvalue weighted by Crippen LogP contribution is -2.10. The molecular formula is C17H22OS. The summed E-state index contributed by atoms with van der Waals surface area (Å²) >= 11 is 1.76. The fraction of sp³-hybridized carbons (Fsp3) is 0.412. The van der Waals surface area contributed by atoms with Gasteiger partial charge in [-0.2, -0.15) is 0 Å². The van der Waals surface area contributed by atoms with Crippen LogP contribution in [-0.2, 0) is 0 Å². The maximum Gasteiger partial charge on any atom is 0.0634 e. The maximum absolute atomic E-state index is 10.0. The molecule has 0 aliphatic rings. The Morgan fingerprint density at radius 3 is 2.53 bits per heavy atom. The summed E-state index contributed by atoms with van der Waals surface area (Å²) in [4.78, 5) is 1.27. The van der Waals surface area contributed by atoms with E-state index in [0.717, 1.165) is 18.6 Å². The smallest absolute Gasteiger partial charge is 0.0634 e. The first-order chi connectivity index (χ1) is 9.16. The van der Waals surface area contributed by atoms with Crippen LogP contribution in [-0.4, -0.2) is 17.0 Å². The van der Waals surface area contributed by atoms with Gasteiger partial charge in [0.05, 0.1) is 6.10 Å². The lowest BCUT2D eigenvalue weighted by Gasteiger charge is -2.12. The van der Waals surface area contributed by atoms with Crippen molar-refractivity contribution >= 4 is 22.5 Å². The number of aliphatic hydroxyl groups is 1. The van der Waals surface area contributed by atoms with Crippen LogP contribution in [0, 0.1) is 5.92 Å². The van der Waals surface area contributed by atoms with Crippen molar-refractivity contribution in [1.29, 1.82) is 0 Å². The van der Waals surface area contributed by atoms with Crippen LogP contribution in [0.15, 0.2) is 47.4 Å². The van der Waals surface area contributed by atoms with E-state index in [1.54, 1.807) is 11.8 Å². The number of thioether (sulfide) groups is 1. The van der Waals surface area contributed by atoms with E-state index in [-0.39, 0.29) is 6.10 Å². The predicted molar refractivity (Wildman–Crippen MR) is 84.8 cm³/mol. The number of hydrogen-bond acceptors (Lipinski definition) is 2. The highest BCUT2D eigenvalue weighted by Gasteiger charge is 2.08. The average molecular weight is 274 g/mol. The molecule has 0 amide bonds. The van der Waals surface area contributed by atoms with Crippen LogP contribution < -0.4 is 0 Å². The van der Waals surface area contributed by atoms with E-state index in [2.05, 4.69) is 56.3 Å². The van der Waals surface area contributed by atoms with E-state index in [0.29, 0.717) is 5.92 Å². The summed E-state index contributed by atoms with van der Waals surface area (Å²) < 4.78 is 0. The highest BCUT2D eigenvalue weighted by molar-refractivity contribution is 7.99. The third-order valence-corrected chi connectivity index (χ3v) is 4.48. The molecule has 1 nitrogen and oxygen atoms in total. The van der Waals surface area contributed by atoms with E-state index in [1.165, 1.54) is 15.7 Å². The minimum absolute atomic E-state index is 0.202. The Bertz CT molecular complexity index is 516. The molecule has 1 N–H and O–H groups in total. The highest BCUT2D eigenvalue weighted by atomic mass is 32.2. The molecule has 0 aliphatic heterocycles. The summed E-state index contributed by atoms with van der Waals surface area (Å²) in [6.07, 6.45) is 1.79. The summed E-state index contributed by atoms with van der Waals surface area (Å²) in [7, 11) is 0. The SMILES string of the molecule is CC(C)CCC(O)CSc1cccc2ccccc12. The van der Waals surface area contributed by atoms with Crippen molar-refractivity contribution in [3.05, 3.63) is 42.5 Å². The van der Waals surface area contributed by atoms with Gasteiger partial charge in [0.1, 0.15) is 0 Å². The molecule has 2 heteroatoms. The van der Waals surface area contributed by atoms with E-state index in [1.807, 2.05) is 0 Å². The summed E-state index contributed by atoms with van der Waals surface area (Å²) in [5.74, 6) is 1.44. The number of benzene rings is 2. The number of aliphatic hydroxyl groups excluding tert-OH is 1. The van der Waals surface area contributed by atoms with Gasteiger partial charge in [0, 0.05) is 10.6 Å². The Kier molecular flexibility index (Phi) is 5.29. The quantitative estimate of drug-likeness (QED) is 0.768. The minimum Gasteiger partial charge on any atom is -0.392 e. The molecule has 1 atom stereocenters. The molecule has 0 radical (unpaired) electrons. The average Bonchev–Trinajstić information content (AvgIpc) is 2.42. The zero-order valence-corrected chi connectivity index (χ0v) is 12.5. The Morgan fingerprint density at radius 1 is 1.00 bits per heavy atom. The summed E-state index contributed by atoms with van der Waals surface area (Å²) in [6.45, 7) is 4.40. The second-order valence-corrected chi connectivity index (χ2v) is 6.48. The molecule has 0 aliphatic carbocycles. The van der Waals surface area contributed by atoms with E-state index >= 15 is 0 Å². The normalized spacial score (nSPS) is 13.1. The first kappa shape index (κ1) is 14.4. The fourth-order valence-corrected chi connectivity index (χ4v) is 3.17. The lowest BCUT2D eigenvalue weighted by atomic mass is 10.1. The molecule has 1 unspecified atom stereocenters. The van der Waals surface area contributed by atoms with Crippen molar-refractivity contribution < 1.29 is 5.11 Å². The highest BCUT2D eigenvalue weighted by Crippen LogP contribution is 2.28. The Balaban J connectivity index is 1.98. The first-order valence-corrected chi connectivity index (χ1v) is 7.94. The summed E-state index contributed by atoms with van der Waals surface area (Å²) in [6, 6.07) is 14.8. The Morgan fingerprint density at radius 2 is 1.74 bits per heavy atom.